The second-order valence-corrected chi connectivity index (χ2v) is 5.91. The van der Waals surface area contributed by atoms with E-state index in [0.29, 0.717) is 24.7 Å². The monoisotopic (exact) mass is 300 g/mol. The van der Waals surface area contributed by atoms with Gasteiger partial charge in [0, 0.05) is 20.1 Å². The number of nitrogen functional groups attached to an aromatic ring is 1. The van der Waals surface area contributed by atoms with Crippen molar-refractivity contribution >= 4 is 23.3 Å². The number of nitrogens with one attached hydrogen (secondary N) is 1. The van der Waals surface area contributed by atoms with Gasteiger partial charge in [0.2, 0.25) is 0 Å². The normalized spacial score (nSPS) is 12.4. The van der Waals surface area contributed by atoms with Crippen LogP contribution in [0.1, 0.15) is 20.3 Å². The van der Waals surface area contributed by atoms with E-state index in [4.69, 9.17) is 5.73 Å². The van der Waals surface area contributed by atoms with Crippen LogP contribution in [0, 0.1) is 5.92 Å². The SMILES string of the molecule is CCCn1c(N)c(NCC(C)CSC)c(=O)n(C)c1=O. The summed E-state index contributed by atoms with van der Waals surface area (Å²) >= 11 is 1.76. The maximum Gasteiger partial charge on any atom is 0.332 e. The molecule has 0 aliphatic carbocycles. The lowest BCUT2D eigenvalue weighted by Crippen LogP contribution is -2.41. The Morgan fingerprint density at radius 3 is 2.60 bits per heavy atom. The van der Waals surface area contributed by atoms with E-state index in [9.17, 15) is 9.59 Å². The van der Waals surface area contributed by atoms with Crippen LogP contribution in [0.15, 0.2) is 9.59 Å². The maximum absolute atomic E-state index is 12.1. The van der Waals surface area contributed by atoms with E-state index in [1.54, 1.807) is 11.8 Å². The Morgan fingerprint density at radius 1 is 1.40 bits per heavy atom. The molecule has 0 aliphatic heterocycles. The molecule has 0 saturated heterocycles. The van der Waals surface area contributed by atoms with Crippen LogP contribution in [-0.4, -0.2) is 27.7 Å². The second kappa shape index (κ2) is 7.42. The smallest absolute Gasteiger partial charge is 0.332 e. The minimum atomic E-state index is -0.365. The molecule has 0 radical (unpaired) electrons. The lowest BCUT2D eigenvalue weighted by atomic mass is 10.2. The fourth-order valence-corrected chi connectivity index (χ4v) is 2.70. The Hall–Kier alpha value is -1.37. The molecule has 114 valence electrons. The molecule has 0 saturated carbocycles. The molecule has 1 heterocycles. The zero-order valence-corrected chi connectivity index (χ0v) is 13.4. The summed E-state index contributed by atoms with van der Waals surface area (Å²) in [6.07, 6.45) is 2.83. The molecule has 0 aliphatic rings. The van der Waals surface area contributed by atoms with Gasteiger partial charge in [-0.15, -0.1) is 0 Å². The van der Waals surface area contributed by atoms with Crippen LogP contribution in [0.4, 0.5) is 11.5 Å². The van der Waals surface area contributed by atoms with Crippen molar-refractivity contribution in [3.05, 3.63) is 20.8 Å². The van der Waals surface area contributed by atoms with Crippen LogP contribution in [-0.2, 0) is 13.6 Å². The molecule has 0 aromatic carbocycles. The van der Waals surface area contributed by atoms with Crippen molar-refractivity contribution in [1.82, 2.24) is 9.13 Å². The van der Waals surface area contributed by atoms with Gasteiger partial charge >= 0.3 is 5.69 Å². The number of rotatable bonds is 7. The zero-order valence-electron chi connectivity index (χ0n) is 12.6. The predicted octanol–water partition coefficient (Wildman–Crippen LogP) is 0.950. The summed E-state index contributed by atoms with van der Waals surface area (Å²) in [6, 6.07) is 0. The first-order chi connectivity index (χ1) is 9.43. The summed E-state index contributed by atoms with van der Waals surface area (Å²) in [4.78, 5) is 24.1. The van der Waals surface area contributed by atoms with Crippen molar-refractivity contribution in [2.24, 2.45) is 13.0 Å². The van der Waals surface area contributed by atoms with Gasteiger partial charge in [-0.25, -0.2) is 4.79 Å². The van der Waals surface area contributed by atoms with Gasteiger partial charge in [0.05, 0.1) is 0 Å². The van der Waals surface area contributed by atoms with Crippen LogP contribution in [0.2, 0.25) is 0 Å². The Kier molecular flexibility index (Phi) is 6.19. The third-order valence-electron chi connectivity index (χ3n) is 3.11. The van der Waals surface area contributed by atoms with Crippen LogP contribution in [0.3, 0.4) is 0 Å². The molecule has 1 rings (SSSR count). The van der Waals surface area contributed by atoms with Gasteiger partial charge in [0.1, 0.15) is 11.5 Å². The molecule has 1 aromatic heterocycles. The molecular weight excluding hydrogens is 276 g/mol. The van der Waals surface area contributed by atoms with Crippen molar-refractivity contribution in [3.63, 3.8) is 0 Å². The molecule has 0 amide bonds. The van der Waals surface area contributed by atoms with Crippen molar-refractivity contribution in [3.8, 4) is 0 Å². The average Bonchev–Trinajstić information content (AvgIpc) is 2.41. The third kappa shape index (κ3) is 3.59. The summed E-state index contributed by atoms with van der Waals surface area (Å²) in [5.41, 5.74) is 5.58. The van der Waals surface area contributed by atoms with E-state index >= 15 is 0 Å². The van der Waals surface area contributed by atoms with Crippen LogP contribution >= 0.6 is 11.8 Å². The first-order valence-corrected chi connectivity index (χ1v) is 8.15. The maximum atomic E-state index is 12.1. The highest BCUT2D eigenvalue weighted by molar-refractivity contribution is 7.98. The number of anilines is 2. The molecule has 0 bridgehead atoms. The third-order valence-corrected chi connectivity index (χ3v) is 4.01. The van der Waals surface area contributed by atoms with Gasteiger partial charge in [0.15, 0.2) is 0 Å². The molecule has 3 N–H and O–H groups in total. The van der Waals surface area contributed by atoms with Gasteiger partial charge in [-0.3, -0.25) is 13.9 Å². The molecule has 0 fully saturated rings. The fourth-order valence-electron chi connectivity index (χ4n) is 2.01. The summed E-state index contributed by atoms with van der Waals surface area (Å²) in [7, 11) is 1.48. The number of hydrogen-bond donors (Lipinski definition) is 2. The molecule has 1 atom stereocenters. The lowest BCUT2D eigenvalue weighted by Gasteiger charge is -2.17. The number of aromatic nitrogens is 2. The summed E-state index contributed by atoms with van der Waals surface area (Å²) < 4.78 is 2.55. The molecule has 20 heavy (non-hydrogen) atoms. The first kappa shape index (κ1) is 16.7. The number of nitrogens with two attached hydrogens (primary N) is 1. The number of thioether (sulfide) groups is 1. The Labute approximate surface area is 123 Å². The largest absolute Gasteiger partial charge is 0.383 e. The Bertz CT molecular complexity index is 565. The van der Waals surface area contributed by atoms with Crippen molar-refractivity contribution in [2.45, 2.75) is 26.8 Å². The minimum Gasteiger partial charge on any atom is -0.383 e. The van der Waals surface area contributed by atoms with Crippen molar-refractivity contribution in [2.75, 3.05) is 29.6 Å². The topological polar surface area (TPSA) is 82.0 Å². The van der Waals surface area contributed by atoms with Gasteiger partial charge in [-0.1, -0.05) is 13.8 Å². The fraction of sp³-hybridized carbons (Fsp3) is 0.692. The molecule has 7 heteroatoms. The highest BCUT2D eigenvalue weighted by Crippen LogP contribution is 2.13. The van der Waals surface area contributed by atoms with Crippen LogP contribution in [0.5, 0.6) is 0 Å². The summed E-state index contributed by atoms with van der Waals surface area (Å²) in [5, 5.41) is 3.10. The summed E-state index contributed by atoms with van der Waals surface area (Å²) in [5.74, 6) is 1.65. The quantitative estimate of drug-likeness (QED) is 0.783. The van der Waals surface area contributed by atoms with Crippen molar-refractivity contribution in [1.29, 1.82) is 0 Å². The van der Waals surface area contributed by atoms with Gasteiger partial charge in [0.25, 0.3) is 5.56 Å². The van der Waals surface area contributed by atoms with Gasteiger partial charge in [-0.05, 0) is 24.3 Å². The van der Waals surface area contributed by atoms with E-state index in [-0.39, 0.29) is 17.1 Å². The van der Waals surface area contributed by atoms with E-state index in [2.05, 4.69) is 12.2 Å². The molecule has 1 aromatic rings. The van der Waals surface area contributed by atoms with Crippen molar-refractivity contribution < 1.29 is 0 Å². The number of hydrogen-bond acceptors (Lipinski definition) is 5. The van der Waals surface area contributed by atoms with E-state index < -0.39 is 0 Å². The van der Waals surface area contributed by atoms with E-state index in [1.807, 2.05) is 13.2 Å². The molecule has 0 spiro atoms. The first-order valence-electron chi connectivity index (χ1n) is 6.76. The lowest BCUT2D eigenvalue weighted by molar-refractivity contribution is 0.599. The molecule has 6 nitrogen and oxygen atoms in total. The van der Waals surface area contributed by atoms with Crippen LogP contribution in [0.25, 0.3) is 0 Å². The average molecular weight is 300 g/mol. The summed E-state index contributed by atoms with van der Waals surface area (Å²) in [6.45, 7) is 5.23. The number of nitrogens with zero attached hydrogens (tertiary/aromatic N) is 2. The second-order valence-electron chi connectivity index (χ2n) is 5.00. The Morgan fingerprint density at radius 2 is 2.05 bits per heavy atom. The van der Waals surface area contributed by atoms with Gasteiger partial charge in [-0.2, -0.15) is 11.8 Å². The zero-order chi connectivity index (χ0) is 15.3. The predicted molar refractivity (Wildman–Crippen MR) is 86.7 cm³/mol. The Balaban J connectivity index is 3.13. The highest BCUT2D eigenvalue weighted by Gasteiger charge is 2.15. The van der Waals surface area contributed by atoms with E-state index in [1.165, 1.54) is 11.6 Å². The minimum absolute atomic E-state index is 0.233. The standard InChI is InChI=1S/C13H24N4O2S/c1-5-6-17-11(14)10(12(18)16(3)13(17)19)15-7-9(2)8-20-4/h9,15H,5-8,14H2,1-4H3. The molecule has 1 unspecified atom stereocenters. The van der Waals surface area contributed by atoms with Crippen LogP contribution < -0.4 is 22.3 Å². The molecular formula is C13H24N4O2S. The van der Waals surface area contributed by atoms with E-state index in [0.717, 1.165) is 16.7 Å². The van der Waals surface area contributed by atoms with Gasteiger partial charge < -0.3 is 11.1 Å². The highest BCUT2D eigenvalue weighted by atomic mass is 32.2.